The molecule has 3 rings (SSSR count). The van der Waals surface area contributed by atoms with Gasteiger partial charge in [-0.1, -0.05) is 12.1 Å². The normalized spacial score (nSPS) is 11.5. The van der Waals surface area contributed by atoms with E-state index in [0.717, 1.165) is 27.6 Å². The molecule has 2 aromatic heterocycles. The van der Waals surface area contributed by atoms with Gasteiger partial charge >= 0.3 is 0 Å². The van der Waals surface area contributed by atoms with E-state index in [0.29, 0.717) is 6.54 Å². The number of aromatic nitrogens is 3. The zero-order valence-electron chi connectivity index (χ0n) is 10.5. The average Bonchev–Trinajstić information content (AvgIpc) is 2.74. The third kappa shape index (κ3) is 1.49. The van der Waals surface area contributed by atoms with Crippen LogP contribution in [0.3, 0.4) is 0 Å². The first kappa shape index (κ1) is 11.2. The maximum absolute atomic E-state index is 9.14. The minimum absolute atomic E-state index is 0.111. The van der Waals surface area contributed by atoms with Crippen LogP contribution in [-0.4, -0.2) is 26.2 Å². The maximum atomic E-state index is 9.14. The molecular formula is C14H15N3O. The second-order valence-electron chi connectivity index (χ2n) is 4.53. The molecule has 0 aliphatic carbocycles. The fourth-order valence-electron chi connectivity index (χ4n) is 2.47. The lowest BCUT2D eigenvalue weighted by Gasteiger charge is -2.08. The van der Waals surface area contributed by atoms with Crippen molar-refractivity contribution in [1.82, 2.24) is 14.5 Å². The third-order valence-corrected chi connectivity index (χ3v) is 3.30. The number of fused-ring (bicyclic) bond motifs is 3. The van der Waals surface area contributed by atoms with Crippen molar-refractivity contribution >= 4 is 21.9 Å². The molecule has 1 N–H and O–H groups in total. The Morgan fingerprint density at radius 3 is 2.89 bits per heavy atom. The number of imidazole rings is 1. The Hall–Kier alpha value is -1.94. The Kier molecular flexibility index (Phi) is 2.52. The highest BCUT2D eigenvalue weighted by atomic mass is 16.3. The van der Waals surface area contributed by atoms with Gasteiger partial charge in [0.25, 0.3) is 0 Å². The van der Waals surface area contributed by atoms with Gasteiger partial charge in [-0.25, -0.2) is 4.98 Å². The maximum Gasteiger partial charge on any atom is 0.110 e. The van der Waals surface area contributed by atoms with Crippen LogP contribution in [-0.2, 0) is 6.54 Å². The largest absolute Gasteiger partial charge is 0.395 e. The molecule has 0 aliphatic rings. The van der Waals surface area contributed by atoms with Crippen LogP contribution >= 0.6 is 0 Å². The van der Waals surface area contributed by atoms with Gasteiger partial charge in [0.1, 0.15) is 5.52 Å². The molecule has 18 heavy (non-hydrogen) atoms. The lowest BCUT2D eigenvalue weighted by molar-refractivity contribution is 0.278. The van der Waals surface area contributed by atoms with Gasteiger partial charge in [0.15, 0.2) is 0 Å². The van der Waals surface area contributed by atoms with Crippen LogP contribution in [0, 0.1) is 13.8 Å². The molecule has 3 aromatic rings. The number of aliphatic hydroxyl groups is 1. The molecule has 0 unspecified atom stereocenters. The van der Waals surface area contributed by atoms with Gasteiger partial charge in [-0.3, -0.25) is 4.98 Å². The van der Waals surface area contributed by atoms with Crippen LogP contribution in [0.1, 0.15) is 11.3 Å². The van der Waals surface area contributed by atoms with Gasteiger partial charge in [-0.15, -0.1) is 0 Å². The van der Waals surface area contributed by atoms with Crippen molar-refractivity contribution in [2.45, 2.75) is 20.4 Å². The highest BCUT2D eigenvalue weighted by Crippen LogP contribution is 2.27. The van der Waals surface area contributed by atoms with Gasteiger partial charge in [0, 0.05) is 11.9 Å². The summed E-state index contributed by atoms with van der Waals surface area (Å²) in [6.07, 6.45) is 1.78. The van der Waals surface area contributed by atoms with Crippen molar-refractivity contribution in [3.63, 3.8) is 0 Å². The quantitative estimate of drug-likeness (QED) is 0.748. The molecule has 0 spiro atoms. The Morgan fingerprint density at radius 2 is 2.11 bits per heavy atom. The highest BCUT2D eigenvalue weighted by Gasteiger charge is 2.12. The van der Waals surface area contributed by atoms with Gasteiger partial charge in [-0.2, -0.15) is 0 Å². The lowest BCUT2D eigenvalue weighted by atomic mass is 10.1. The number of aliphatic hydroxyl groups excluding tert-OH is 1. The van der Waals surface area contributed by atoms with Gasteiger partial charge < -0.3 is 9.67 Å². The van der Waals surface area contributed by atoms with Crippen LogP contribution in [0.2, 0.25) is 0 Å². The summed E-state index contributed by atoms with van der Waals surface area (Å²) in [4.78, 5) is 9.02. The van der Waals surface area contributed by atoms with E-state index in [-0.39, 0.29) is 6.61 Å². The summed E-state index contributed by atoms with van der Waals surface area (Å²) in [6, 6.07) is 6.11. The van der Waals surface area contributed by atoms with Gasteiger partial charge in [-0.05, 0) is 25.5 Å². The second-order valence-corrected chi connectivity index (χ2v) is 4.53. The number of rotatable bonds is 2. The van der Waals surface area contributed by atoms with Crippen molar-refractivity contribution < 1.29 is 5.11 Å². The molecule has 4 heteroatoms. The SMILES string of the molecule is Cc1nc2cccc(C)c2c2c1ncn2CCO. The fourth-order valence-corrected chi connectivity index (χ4v) is 2.47. The summed E-state index contributed by atoms with van der Waals surface area (Å²) in [5, 5.41) is 10.3. The Bertz CT molecular complexity index is 731. The number of hydrogen-bond donors (Lipinski definition) is 1. The number of nitrogens with zero attached hydrogens (tertiary/aromatic N) is 3. The highest BCUT2D eigenvalue weighted by molar-refractivity contribution is 6.05. The van der Waals surface area contributed by atoms with Gasteiger partial charge in [0.05, 0.1) is 29.7 Å². The Labute approximate surface area is 105 Å². The van der Waals surface area contributed by atoms with Crippen LogP contribution < -0.4 is 0 Å². The minimum Gasteiger partial charge on any atom is -0.395 e. The predicted octanol–water partition coefficient (Wildman–Crippen LogP) is 2.19. The Balaban J connectivity index is 2.52. The smallest absolute Gasteiger partial charge is 0.110 e. The molecule has 2 heterocycles. The number of benzene rings is 1. The van der Waals surface area contributed by atoms with E-state index in [9.17, 15) is 0 Å². The molecular weight excluding hydrogens is 226 g/mol. The molecule has 4 nitrogen and oxygen atoms in total. The Morgan fingerprint density at radius 1 is 1.28 bits per heavy atom. The van der Waals surface area contributed by atoms with Crippen LogP contribution in [0.15, 0.2) is 24.5 Å². The summed E-state index contributed by atoms with van der Waals surface area (Å²) in [5.41, 5.74) is 5.10. The molecule has 0 atom stereocenters. The van der Waals surface area contributed by atoms with Gasteiger partial charge in [0.2, 0.25) is 0 Å². The first-order valence-electron chi connectivity index (χ1n) is 6.04. The zero-order chi connectivity index (χ0) is 12.7. The monoisotopic (exact) mass is 241 g/mol. The summed E-state index contributed by atoms with van der Waals surface area (Å²) in [6.45, 7) is 4.72. The number of pyridine rings is 1. The van der Waals surface area contributed by atoms with E-state index in [1.165, 1.54) is 5.56 Å². The van der Waals surface area contributed by atoms with E-state index in [4.69, 9.17) is 5.11 Å². The molecule has 0 aliphatic heterocycles. The second kappa shape index (κ2) is 4.07. The fraction of sp³-hybridized carbons (Fsp3) is 0.286. The van der Waals surface area contributed by atoms with Crippen molar-refractivity contribution in [3.05, 3.63) is 35.8 Å². The first-order chi connectivity index (χ1) is 8.72. The first-order valence-corrected chi connectivity index (χ1v) is 6.04. The average molecular weight is 241 g/mol. The van der Waals surface area contributed by atoms with E-state index in [1.54, 1.807) is 6.33 Å². The van der Waals surface area contributed by atoms with Crippen LogP contribution in [0.5, 0.6) is 0 Å². The van der Waals surface area contributed by atoms with Crippen molar-refractivity contribution in [2.24, 2.45) is 0 Å². The lowest BCUT2D eigenvalue weighted by Crippen LogP contribution is -2.01. The standard InChI is InChI=1S/C14H15N3O/c1-9-4-3-5-11-12(9)14-13(10(2)16-11)15-8-17(14)6-7-18/h3-5,8,18H,6-7H2,1-2H3. The van der Waals surface area contributed by atoms with Crippen LogP contribution in [0.25, 0.3) is 21.9 Å². The van der Waals surface area contributed by atoms with Crippen LogP contribution in [0.4, 0.5) is 0 Å². The number of aryl methyl sites for hydroxylation is 2. The zero-order valence-corrected chi connectivity index (χ0v) is 10.5. The molecule has 0 bridgehead atoms. The summed E-state index contributed by atoms with van der Waals surface area (Å²) in [5.74, 6) is 0. The summed E-state index contributed by atoms with van der Waals surface area (Å²) >= 11 is 0. The molecule has 92 valence electrons. The predicted molar refractivity (Wildman–Crippen MR) is 71.6 cm³/mol. The third-order valence-electron chi connectivity index (χ3n) is 3.30. The molecule has 1 aromatic carbocycles. The molecule has 0 fully saturated rings. The minimum atomic E-state index is 0.111. The van der Waals surface area contributed by atoms with Crippen molar-refractivity contribution in [3.8, 4) is 0 Å². The molecule has 0 radical (unpaired) electrons. The molecule has 0 saturated carbocycles. The van der Waals surface area contributed by atoms with E-state index < -0.39 is 0 Å². The molecule has 0 amide bonds. The number of hydrogen-bond acceptors (Lipinski definition) is 3. The molecule has 0 saturated heterocycles. The van der Waals surface area contributed by atoms with Crippen molar-refractivity contribution in [1.29, 1.82) is 0 Å². The topological polar surface area (TPSA) is 50.9 Å². The summed E-state index contributed by atoms with van der Waals surface area (Å²) < 4.78 is 2.00. The van der Waals surface area contributed by atoms with Crippen molar-refractivity contribution in [2.75, 3.05) is 6.61 Å². The van der Waals surface area contributed by atoms with E-state index in [2.05, 4.69) is 23.0 Å². The summed E-state index contributed by atoms with van der Waals surface area (Å²) in [7, 11) is 0. The van der Waals surface area contributed by atoms with E-state index in [1.807, 2.05) is 23.6 Å². The van der Waals surface area contributed by atoms with E-state index >= 15 is 0 Å².